The molecular weight excluding hydrogens is 170 g/mol. The van der Waals surface area contributed by atoms with Crippen LogP contribution in [0.15, 0.2) is 11.4 Å². The fraction of sp³-hybridized carbons (Fsp3) is 0.444. The first kappa shape index (κ1) is 9.26. The van der Waals surface area contributed by atoms with Crippen LogP contribution in [-0.2, 0) is 4.79 Å². The van der Waals surface area contributed by atoms with E-state index in [1.54, 1.807) is 18.3 Å². The molecule has 3 heteroatoms. The van der Waals surface area contributed by atoms with Gasteiger partial charge in [-0.2, -0.15) is 0 Å². The number of carbonyl (C=O) groups is 1. The van der Waals surface area contributed by atoms with Crippen LogP contribution in [0.3, 0.4) is 0 Å². The molecule has 0 saturated carbocycles. The molecule has 0 saturated heterocycles. The highest BCUT2D eigenvalue weighted by Crippen LogP contribution is 2.21. The van der Waals surface area contributed by atoms with E-state index in [4.69, 9.17) is 0 Å². The molecule has 12 heavy (non-hydrogen) atoms. The highest BCUT2D eigenvalue weighted by atomic mass is 32.1. The summed E-state index contributed by atoms with van der Waals surface area (Å²) in [6, 6.07) is 2.07. The van der Waals surface area contributed by atoms with E-state index < -0.39 is 0 Å². The van der Waals surface area contributed by atoms with Gasteiger partial charge in [-0.15, -0.1) is 11.3 Å². The van der Waals surface area contributed by atoms with Crippen LogP contribution >= 0.6 is 11.3 Å². The van der Waals surface area contributed by atoms with Gasteiger partial charge in [0.1, 0.15) is 5.78 Å². The summed E-state index contributed by atoms with van der Waals surface area (Å²) < 4.78 is 0. The maximum atomic E-state index is 10.6. The summed E-state index contributed by atoms with van der Waals surface area (Å²) in [5, 5.41) is 6.45. The van der Waals surface area contributed by atoms with E-state index in [-0.39, 0.29) is 5.78 Å². The van der Waals surface area contributed by atoms with Gasteiger partial charge in [-0.05, 0) is 30.9 Å². The first-order valence-corrected chi connectivity index (χ1v) is 4.85. The number of hydrogen-bond acceptors (Lipinski definition) is 3. The molecule has 0 aliphatic carbocycles. The maximum absolute atomic E-state index is 10.6. The molecule has 0 aromatic carbocycles. The molecule has 1 aromatic rings. The number of nitrogens with one attached hydrogen (secondary N) is 1. The second-order valence-electron chi connectivity index (χ2n) is 2.81. The summed E-state index contributed by atoms with van der Waals surface area (Å²) in [7, 11) is 0. The Hall–Kier alpha value is -0.830. The third kappa shape index (κ3) is 2.66. The van der Waals surface area contributed by atoms with Gasteiger partial charge >= 0.3 is 0 Å². The molecule has 1 N–H and O–H groups in total. The highest BCUT2D eigenvalue weighted by molar-refractivity contribution is 7.14. The molecule has 0 aliphatic heterocycles. The lowest BCUT2D eigenvalue weighted by Crippen LogP contribution is -2.05. The van der Waals surface area contributed by atoms with Gasteiger partial charge in [-0.25, -0.2) is 0 Å². The van der Waals surface area contributed by atoms with Crippen LogP contribution in [0.5, 0.6) is 0 Å². The lowest BCUT2D eigenvalue weighted by atomic mass is 10.3. The Kier molecular flexibility index (Phi) is 3.29. The van der Waals surface area contributed by atoms with Crippen molar-refractivity contribution in [2.75, 3.05) is 11.9 Å². The highest BCUT2D eigenvalue weighted by Gasteiger charge is 1.98. The standard InChI is InChI=1S/C9H13NOS/c1-7-4-6-12-9(7)10-5-3-8(2)11/h4,6,10H,3,5H2,1-2H3. The van der Waals surface area contributed by atoms with Crippen LogP contribution in [0.4, 0.5) is 5.00 Å². The summed E-state index contributed by atoms with van der Waals surface area (Å²) in [6.45, 7) is 4.42. The second kappa shape index (κ2) is 4.26. The Morgan fingerprint density at radius 2 is 2.42 bits per heavy atom. The Bertz CT molecular complexity index is 267. The normalized spacial score (nSPS) is 9.83. The predicted molar refractivity (Wildman–Crippen MR) is 52.8 cm³/mol. The lowest BCUT2D eigenvalue weighted by molar-refractivity contribution is -0.116. The molecule has 0 bridgehead atoms. The number of hydrogen-bond donors (Lipinski definition) is 1. The molecule has 0 unspecified atom stereocenters. The third-order valence-corrected chi connectivity index (χ3v) is 2.60. The van der Waals surface area contributed by atoms with E-state index in [9.17, 15) is 4.79 Å². The SMILES string of the molecule is CC(=O)CCNc1sccc1C. The van der Waals surface area contributed by atoms with Gasteiger partial charge in [-0.1, -0.05) is 0 Å². The van der Waals surface area contributed by atoms with Gasteiger partial charge in [0, 0.05) is 13.0 Å². The molecule has 66 valence electrons. The van der Waals surface area contributed by atoms with Crippen molar-refractivity contribution in [3.05, 3.63) is 17.0 Å². The summed E-state index contributed by atoms with van der Waals surface area (Å²) in [5.74, 6) is 0.233. The Balaban J connectivity index is 2.33. The fourth-order valence-electron chi connectivity index (χ4n) is 0.906. The summed E-state index contributed by atoms with van der Waals surface area (Å²) in [6.07, 6.45) is 0.608. The first-order chi connectivity index (χ1) is 5.70. The van der Waals surface area contributed by atoms with E-state index in [0.29, 0.717) is 6.42 Å². The number of Topliss-reactive ketones (excluding diaryl/α,β-unsaturated/α-hetero) is 1. The van der Waals surface area contributed by atoms with Crippen molar-refractivity contribution in [1.29, 1.82) is 0 Å². The van der Waals surface area contributed by atoms with E-state index >= 15 is 0 Å². The van der Waals surface area contributed by atoms with E-state index in [2.05, 4.69) is 18.3 Å². The molecule has 1 aromatic heterocycles. The minimum absolute atomic E-state index is 0.233. The van der Waals surface area contributed by atoms with E-state index in [1.165, 1.54) is 10.6 Å². The lowest BCUT2D eigenvalue weighted by Gasteiger charge is -2.02. The van der Waals surface area contributed by atoms with Crippen molar-refractivity contribution in [3.63, 3.8) is 0 Å². The van der Waals surface area contributed by atoms with Crippen LogP contribution in [0, 0.1) is 6.92 Å². The van der Waals surface area contributed by atoms with E-state index in [0.717, 1.165) is 6.54 Å². The third-order valence-electron chi connectivity index (χ3n) is 1.62. The minimum atomic E-state index is 0.233. The quantitative estimate of drug-likeness (QED) is 0.776. The van der Waals surface area contributed by atoms with Crippen molar-refractivity contribution in [1.82, 2.24) is 0 Å². The van der Waals surface area contributed by atoms with Crippen molar-refractivity contribution in [2.45, 2.75) is 20.3 Å². The molecule has 0 amide bonds. The largest absolute Gasteiger partial charge is 0.376 e. The van der Waals surface area contributed by atoms with E-state index in [1.807, 2.05) is 5.38 Å². The van der Waals surface area contributed by atoms with Gasteiger partial charge in [0.2, 0.25) is 0 Å². The average molecular weight is 183 g/mol. The fourth-order valence-corrected chi connectivity index (χ4v) is 1.75. The van der Waals surface area contributed by atoms with Gasteiger partial charge in [0.05, 0.1) is 5.00 Å². The van der Waals surface area contributed by atoms with Crippen LogP contribution in [0.2, 0.25) is 0 Å². The maximum Gasteiger partial charge on any atom is 0.131 e. The van der Waals surface area contributed by atoms with Gasteiger partial charge in [0.25, 0.3) is 0 Å². The molecule has 0 fully saturated rings. The van der Waals surface area contributed by atoms with Crippen molar-refractivity contribution < 1.29 is 4.79 Å². The Morgan fingerprint density at radius 3 is 2.92 bits per heavy atom. The Morgan fingerprint density at radius 1 is 1.67 bits per heavy atom. The zero-order chi connectivity index (χ0) is 8.97. The molecule has 0 radical (unpaired) electrons. The summed E-state index contributed by atoms with van der Waals surface area (Å²) in [4.78, 5) is 10.6. The van der Waals surface area contributed by atoms with Crippen LogP contribution in [-0.4, -0.2) is 12.3 Å². The number of anilines is 1. The summed E-state index contributed by atoms with van der Waals surface area (Å²) in [5.41, 5.74) is 1.25. The number of thiophene rings is 1. The van der Waals surface area contributed by atoms with Crippen LogP contribution in [0.1, 0.15) is 18.9 Å². The number of aryl methyl sites for hydroxylation is 1. The number of rotatable bonds is 4. The molecule has 0 aliphatic rings. The molecular formula is C9H13NOS. The monoisotopic (exact) mass is 183 g/mol. The van der Waals surface area contributed by atoms with Crippen molar-refractivity contribution >= 4 is 22.1 Å². The van der Waals surface area contributed by atoms with Crippen LogP contribution < -0.4 is 5.32 Å². The molecule has 1 rings (SSSR count). The number of ketones is 1. The minimum Gasteiger partial charge on any atom is -0.376 e. The molecule has 0 spiro atoms. The molecule has 2 nitrogen and oxygen atoms in total. The predicted octanol–water partition coefficient (Wildman–Crippen LogP) is 2.45. The zero-order valence-electron chi connectivity index (χ0n) is 7.39. The zero-order valence-corrected chi connectivity index (χ0v) is 8.20. The van der Waals surface area contributed by atoms with Crippen molar-refractivity contribution in [3.8, 4) is 0 Å². The van der Waals surface area contributed by atoms with Crippen LogP contribution in [0.25, 0.3) is 0 Å². The topological polar surface area (TPSA) is 29.1 Å². The number of carbonyl (C=O) groups excluding carboxylic acids is 1. The average Bonchev–Trinajstić information content (AvgIpc) is 2.36. The van der Waals surface area contributed by atoms with Gasteiger partial charge < -0.3 is 5.32 Å². The van der Waals surface area contributed by atoms with Gasteiger partial charge in [0.15, 0.2) is 0 Å². The van der Waals surface area contributed by atoms with Gasteiger partial charge in [-0.3, -0.25) is 4.79 Å². The first-order valence-electron chi connectivity index (χ1n) is 3.97. The smallest absolute Gasteiger partial charge is 0.131 e. The molecule has 1 heterocycles. The summed E-state index contributed by atoms with van der Waals surface area (Å²) >= 11 is 1.68. The molecule has 0 atom stereocenters. The van der Waals surface area contributed by atoms with Crippen molar-refractivity contribution in [2.24, 2.45) is 0 Å². The second-order valence-corrected chi connectivity index (χ2v) is 3.73. The Labute approximate surface area is 76.6 Å².